The molecule has 4 heterocycles. The van der Waals surface area contributed by atoms with Gasteiger partial charge in [0, 0.05) is 33.6 Å². The molecule has 9 rings (SSSR count). The number of halogens is 1. The smallest absolute Gasteiger partial charge is 0.264 e. The number of carbonyl (C=O) groups excluding carboxylic acids is 3. The Balaban J connectivity index is 1.09. The second-order valence-corrected chi connectivity index (χ2v) is 22.1. The number of hydrogen-bond donors (Lipinski definition) is 1. The normalized spacial score (nSPS) is 24.0. The SMILES string of the molecule is COc1ccc([Si](C)(C)[C@@H]2[C@@H](CC(=O)N3CCC[C@H]3CO)O[C@]3(C(=O)N(Cc4cccc(N5C(=O)c6cccc7cccc5c67)c4)c4ccc(Br)cc43)[C@H]2C)cc1. The second kappa shape index (κ2) is 14.2. The lowest BCUT2D eigenvalue weighted by molar-refractivity contribution is -0.150. The third-order valence-electron chi connectivity index (χ3n) is 13.1. The van der Waals surface area contributed by atoms with E-state index < -0.39 is 19.8 Å². The van der Waals surface area contributed by atoms with Gasteiger partial charge >= 0.3 is 0 Å². The Morgan fingerprint density at radius 1 is 0.965 bits per heavy atom. The number of rotatable bonds is 9. The number of anilines is 3. The van der Waals surface area contributed by atoms with Crippen molar-refractivity contribution in [3.05, 3.63) is 124 Å². The van der Waals surface area contributed by atoms with E-state index in [0.29, 0.717) is 12.1 Å². The zero-order valence-corrected chi connectivity index (χ0v) is 35.2. The van der Waals surface area contributed by atoms with Crippen LogP contribution in [-0.2, 0) is 26.5 Å². The number of likely N-dealkylation sites (tertiary alicyclic amines) is 1. The largest absolute Gasteiger partial charge is 0.497 e. The molecule has 0 bridgehead atoms. The fourth-order valence-electron chi connectivity index (χ4n) is 10.4. The van der Waals surface area contributed by atoms with Gasteiger partial charge in [-0.2, -0.15) is 0 Å². The van der Waals surface area contributed by atoms with Crippen LogP contribution in [0.2, 0.25) is 18.6 Å². The van der Waals surface area contributed by atoms with Crippen LogP contribution in [0.1, 0.15) is 47.7 Å². The number of methoxy groups -OCH3 is 1. The molecule has 4 aliphatic rings. The summed E-state index contributed by atoms with van der Waals surface area (Å²) in [6.45, 7) is 7.54. The lowest BCUT2D eigenvalue weighted by Crippen LogP contribution is -2.52. The molecular formula is C46H46BrN3O6Si. The van der Waals surface area contributed by atoms with Gasteiger partial charge in [-0.25, -0.2) is 0 Å². The molecule has 0 radical (unpaired) electrons. The fourth-order valence-corrected chi connectivity index (χ4v) is 14.8. The summed E-state index contributed by atoms with van der Waals surface area (Å²) in [4.78, 5) is 48.9. The van der Waals surface area contributed by atoms with Gasteiger partial charge < -0.3 is 24.4 Å². The van der Waals surface area contributed by atoms with Crippen LogP contribution in [0.15, 0.2) is 108 Å². The summed E-state index contributed by atoms with van der Waals surface area (Å²) in [6.07, 6.45) is 1.20. The van der Waals surface area contributed by atoms with Crippen molar-refractivity contribution in [2.45, 2.75) is 69.1 Å². The molecule has 5 aromatic carbocycles. The van der Waals surface area contributed by atoms with Gasteiger partial charge in [0.15, 0.2) is 5.60 Å². The van der Waals surface area contributed by atoms with Crippen LogP contribution in [-0.4, -0.2) is 68.2 Å². The third kappa shape index (κ3) is 5.87. The lowest BCUT2D eigenvalue weighted by Gasteiger charge is -2.37. The zero-order valence-electron chi connectivity index (χ0n) is 32.6. The highest BCUT2D eigenvalue weighted by Gasteiger charge is 2.66. The molecule has 1 N–H and O–H groups in total. The number of nitrogens with zero attached hydrogens (tertiary/aromatic N) is 3. The molecular weight excluding hydrogens is 799 g/mol. The maximum absolute atomic E-state index is 15.5. The Morgan fingerprint density at radius 3 is 2.47 bits per heavy atom. The second-order valence-electron chi connectivity index (χ2n) is 16.5. The molecule has 9 nitrogen and oxygen atoms in total. The molecule has 2 fully saturated rings. The molecule has 57 heavy (non-hydrogen) atoms. The number of ether oxygens (including phenoxy) is 2. The van der Waals surface area contributed by atoms with Crippen molar-refractivity contribution in [3.63, 3.8) is 0 Å². The van der Waals surface area contributed by atoms with Gasteiger partial charge in [-0.05, 0) is 83.9 Å². The van der Waals surface area contributed by atoms with Gasteiger partial charge in [0.05, 0.1) is 63.8 Å². The van der Waals surface area contributed by atoms with Crippen LogP contribution in [0, 0.1) is 5.92 Å². The summed E-state index contributed by atoms with van der Waals surface area (Å²) in [7, 11) is -0.835. The highest BCUT2D eigenvalue weighted by Crippen LogP contribution is 2.60. The number of benzene rings is 5. The highest BCUT2D eigenvalue weighted by molar-refractivity contribution is 9.10. The van der Waals surface area contributed by atoms with Gasteiger partial charge in [-0.15, -0.1) is 0 Å². The van der Waals surface area contributed by atoms with E-state index in [2.05, 4.69) is 48.1 Å². The van der Waals surface area contributed by atoms with Gasteiger partial charge in [-0.1, -0.05) is 89.7 Å². The maximum atomic E-state index is 15.5. The minimum Gasteiger partial charge on any atom is -0.497 e. The van der Waals surface area contributed by atoms with Crippen LogP contribution < -0.4 is 19.7 Å². The average molecular weight is 845 g/mol. The highest BCUT2D eigenvalue weighted by atomic mass is 79.9. The van der Waals surface area contributed by atoms with Gasteiger partial charge in [0.1, 0.15) is 5.75 Å². The molecule has 5 aromatic rings. The summed E-state index contributed by atoms with van der Waals surface area (Å²) in [5.74, 6) is 0.203. The van der Waals surface area contributed by atoms with E-state index in [9.17, 15) is 14.7 Å². The van der Waals surface area contributed by atoms with Crippen molar-refractivity contribution >= 4 is 74.7 Å². The van der Waals surface area contributed by atoms with Crippen LogP contribution >= 0.6 is 15.9 Å². The van der Waals surface area contributed by atoms with Gasteiger partial charge in [0.2, 0.25) is 5.91 Å². The van der Waals surface area contributed by atoms with Crippen molar-refractivity contribution in [1.82, 2.24) is 4.90 Å². The Labute approximate surface area is 342 Å². The quantitative estimate of drug-likeness (QED) is 0.151. The molecule has 292 valence electrons. The Morgan fingerprint density at radius 2 is 1.72 bits per heavy atom. The topological polar surface area (TPSA) is 99.6 Å². The summed E-state index contributed by atoms with van der Waals surface area (Å²) < 4.78 is 13.6. The van der Waals surface area contributed by atoms with Crippen LogP contribution in [0.4, 0.5) is 17.1 Å². The van der Waals surface area contributed by atoms with E-state index in [1.807, 2.05) is 101 Å². The van der Waals surface area contributed by atoms with E-state index in [4.69, 9.17) is 9.47 Å². The summed E-state index contributed by atoms with van der Waals surface area (Å²) in [5, 5.41) is 13.3. The molecule has 0 saturated carbocycles. The van der Waals surface area contributed by atoms with E-state index in [1.165, 1.54) is 5.19 Å². The minimum absolute atomic E-state index is 0.0479. The molecule has 2 saturated heterocycles. The first-order chi connectivity index (χ1) is 27.5. The van der Waals surface area contributed by atoms with Crippen molar-refractivity contribution in [2.24, 2.45) is 5.92 Å². The molecule has 4 aliphatic heterocycles. The molecule has 1 spiro atoms. The van der Waals surface area contributed by atoms with Gasteiger partial charge in [0.25, 0.3) is 11.8 Å². The average Bonchev–Trinajstić information content (AvgIpc) is 3.95. The Hall–Kier alpha value is -4.81. The van der Waals surface area contributed by atoms with E-state index in [1.54, 1.807) is 12.0 Å². The Bertz CT molecular complexity index is 2430. The maximum Gasteiger partial charge on any atom is 0.264 e. The Kier molecular flexibility index (Phi) is 9.42. The lowest BCUT2D eigenvalue weighted by atomic mass is 9.82. The first-order valence-electron chi connectivity index (χ1n) is 19.8. The van der Waals surface area contributed by atoms with Crippen molar-refractivity contribution in [2.75, 3.05) is 30.1 Å². The van der Waals surface area contributed by atoms with Crippen LogP contribution in [0.5, 0.6) is 5.75 Å². The van der Waals surface area contributed by atoms with E-state index >= 15 is 4.79 Å². The molecule has 0 aromatic heterocycles. The molecule has 0 aliphatic carbocycles. The zero-order chi connectivity index (χ0) is 39.8. The van der Waals surface area contributed by atoms with Crippen molar-refractivity contribution in [3.8, 4) is 5.75 Å². The summed E-state index contributed by atoms with van der Waals surface area (Å²) in [5.41, 5.74) is 3.23. The van der Waals surface area contributed by atoms with Crippen molar-refractivity contribution in [1.29, 1.82) is 0 Å². The minimum atomic E-state index is -2.49. The first-order valence-corrected chi connectivity index (χ1v) is 23.6. The summed E-state index contributed by atoms with van der Waals surface area (Å²) in [6, 6.07) is 33.6. The van der Waals surface area contributed by atoms with Crippen LogP contribution in [0.3, 0.4) is 0 Å². The molecule has 11 heteroatoms. The monoisotopic (exact) mass is 843 g/mol. The number of hydrogen-bond acceptors (Lipinski definition) is 6. The fraction of sp³-hybridized carbons (Fsp3) is 0.326. The summed E-state index contributed by atoms with van der Waals surface area (Å²) >= 11 is 3.71. The molecule has 0 unspecified atom stereocenters. The molecule has 3 amide bonds. The number of carbonyl (C=O) groups is 3. The van der Waals surface area contributed by atoms with Crippen molar-refractivity contribution < 1.29 is 29.0 Å². The number of aliphatic hydroxyl groups is 1. The van der Waals surface area contributed by atoms with E-state index in [0.717, 1.165) is 62.0 Å². The first kappa shape index (κ1) is 37.7. The van der Waals surface area contributed by atoms with Gasteiger partial charge in [-0.3, -0.25) is 19.3 Å². The predicted octanol–water partition coefficient (Wildman–Crippen LogP) is 8.04. The molecule has 5 atom stereocenters. The number of aliphatic hydroxyl groups excluding tert-OH is 1. The third-order valence-corrected chi connectivity index (χ3v) is 18.0. The number of amides is 3. The van der Waals surface area contributed by atoms with E-state index in [-0.39, 0.29) is 54.8 Å². The predicted molar refractivity (Wildman–Crippen MR) is 228 cm³/mol. The number of fused-ring (bicyclic) bond motifs is 2. The van der Waals surface area contributed by atoms with Crippen LogP contribution in [0.25, 0.3) is 10.8 Å². The standard InChI is InChI=1S/C46H46BrN3O6Si/c1-28-43(57(3,4)35-19-17-34(55-2)18-20-35)40(25-41(52)48-22-8-13-33(48)27-51)56-46(28)37-24-31(47)16-21-38(37)49(45(46)54)26-29-9-5-12-32(23-29)50-39-15-7-11-30-10-6-14-36(42(30)39)44(50)53/h5-7,9-12,14-21,23-24,28,33,40,43,51H,8,13,22,25-27H2,1-4H3/t28-,33-,40+,43-,46+/m0/s1.